The molecule has 1 aromatic rings. The Balaban J connectivity index is 0.00000280. The van der Waals surface area contributed by atoms with Gasteiger partial charge in [-0.2, -0.15) is 0 Å². The van der Waals surface area contributed by atoms with E-state index in [4.69, 9.17) is 9.73 Å². The highest BCUT2D eigenvalue weighted by atomic mass is 127. The standard InChI is InChI=1S/C20H30N4O3.HI/c1-15-2-6-18(7-3-15)23-20(22-13-17-10-11-27-14-17)21-12-16-4-8-19(9-5-16)24(25)26;/h4-5,8-9,15,17-18H,2-3,6-7,10-14H2,1H3,(H2,21,22,23);1H. The lowest BCUT2D eigenvalue weighted by Gasteiger charge is -2.28. The Morgan fingerprint density at radius 3 is 2.54 bits per heavy atom. The molecular formula is C20H31IN4O3. The van der Waals surface area contributed by atoms with Gasteiger partial charge in [0.2, 0.25) is 0 Å². The first kappa shape index (κ1) is 22.9. The summed E-state index contributed by atoms with van der Waals surface area (Å²) in [5, 5.41) is 17.8. The minimum atomic E-state index is -0.380. The van der Waals surface area contributed by atoms with Crippen molar-refractivity contribution in [2.75, 3.05) is 19.8 Å². The van der Waals surface area contributed by atoms with Crippen LogP contribution in [0.1, 0.15) is 44.6 Å². The molecule has 1 heterocycles. The van der Waals surface area contributed by atoms with E-state index in [1.165, 1.54) is 37.8 Å². The zero-order valence-corrected chi connectivity index (χ0v) is 18.8. The smallest absolute Gasteiger partial charge is 0.269 e. The van der Waals surface area contributed by atoms with Crippen LogP contribution in [0.4, 0.5) is 5.69 Å². The molecule has 2 N–H and O–H groups in total. The Hall–Kier alpha value is -1.42. The predicted octanol–water partition coefficient (Wildman–Crippen LogP) is 3.86. The number of halogens is 1. The zero-order valence-electron chi connectivity index (χ0n) is 16.4. The summed E-state index contributed by atoms with van der Waals surface area (Å²) >= 11 is 0. The molecule has 1 atom stereocenters. The van der Waals surface area contributed by atoms with Crippen LogP contribution in [0.2, 0.25) is 0 Å². The van der Waals surface area contributed by atoms with E-state index in [0.717, 1.165) is 43.6 Å². The van der Waals surface area contributed by atoms with Crippen molar-refractivity contribution in [3.63, 3.8) is 0 Å². The third-order valence-corrected chi connectivity index (χ3v) is 5.51. The molecule has 1 aromatic carbocycles. The molecule has 28 heavy (non-hydrogen) atoms. The number of guanidine groups is 1. The minimum Gasteiger partial charge on any atom is -0.381 e. The van der Waals surface area contributed by atoms with Crippen LogP contribution in [0, 0.1) is 22.0 Å². The molecule has 1 aliphatic heterocycles. The summed E-state index contributed by atoms with van der Waals surface area (Å²) in [7, 11) is 0. The highest BCUT2D eigenvalue weighted by Gasteiger charge is 2.20. The fraction of sp³-hybridized carbons (Fsp3) is 0.650. The highest BCUT2D eigenvalue weighted by molar-refractivity contribution is 14.0. The first-order chi connectivity index (χ1) is 13.1. The first-order valence-electron chi connectivity index (χ1n) is 9.96. The lowest BCUT2D eigenvalue weighted by Crippen LogP contribution is -2.46. The third-order valence-electron chi connectivity index (χ3n) is 5.51. The summed E-state index contributed by atoms with van der Waals surface area (Å²) in [6.45, 7) is 5.32. The van der Waals surface area contributed by atoms with Crippen molar-refractivity contribution in [1.82, 2.24) is 10.6 Å². The average molecular weight is 502 g/mol. The quantitative estimate of drug-likeness (QED) is 0.203. The second-order valence-corrected chi connectivity index (χ2v) is 7.80. The number of nitro benzene ring substituents is 1. The number of nitrogens with zero attached hydrogens (tertiary/aromatic N) is 2. The maximum Gasteiger partial charge on any atom is 0.269 e. The number of hydrogen-bond donors (Lipinski definition) is 2. The van der Waals surface area contributed by atoms with Crippen LogP contribution in [0.5, 0.6) is 0 Å². The molecule has 7 nitrogen and oxygen atoms in total. The van der Waals surface area contributed by atoms with E-state index in [9.17, 15) is 10.1 Å². The maximum absolute atomic E-state index is 10.8. The van der Waals surface area contributed by atoms with Gasteiger partial charge in [0.1, 0.15) is 0 Å². The molecule has 8 heteroatoms. The number of ether oxygens (including phenoxy) is 1. The molecular weight excluding hydrogens is 471 g/mol. The van der Waals surface area contributed by atoms with Crippen LogP contribution in [-0.2, 0) is 11.3 Å². The van der Waals surface area contributed by atoms with Crippen molar-refractivity contribution in [3.8, 4) is 0 Å². The summed E-state index contributed by atoms with van der Waals surface area (Å²) < 4.78 is 5.46. The number of rotatable bonds is 6. The van der Waals surface area contributed by atoms with E-state index in [1.54, 1.807) is 12.1 Å². The molecule has 0 aromatic heterocycles. The van der Waals surface area contributed by atoms with Crippen molar-refractivity contribution in [2.24, 2.45) is 16.8 Å². The molecule has 0 spiro atoms. The second-order valence-electron chi connectivity index (χ2n) is 7.80. The fourth-order valence-corrected chi connectivity index (χ4v) is 3.63. The lowest BCUT2D eigenvalue weighted by atomic mass is 9.87. The van der Waals surface area contributed by atoms with Crippen molar-refractivity contribution >= 4 is 35.6 Å². The predicted molar refractivity (Wildman–Crippen MR) is 121 cm³/mol. The second kappa shape index (κ2) is 11.5. The number of benzene rings is 1. The molecule has 1 saturated heterocycles. The summed E-state index contributed by atoms with van der Waals surface area (Å²) in [5.41, 5.74) is 1.07. The van der Waals surface area contributed by atoms with Gasteiger partial charge < -0.3 is 15.4 Å². The van der Waals surface area contributed by atoms with Gasteiger partial charge >= 0.3 is 0 Å². The molecule has 0 bridgehead atoms. The van der Waals surface area contributed by atoms with Crippen LogP contribution >= 0.6 is 24.0 Å². The molecule has 3 rings (SSSR count). The number of nitrogens with one attached hydrogen (secondary N) is 2. The van der Waals surface area contributed by atoms with E-state index >= 15 is 0 Å². The monoisotopic (exact) mass is 502 g/mol. The molecule has 1 unspecified atom stereocenters. The van der Waals surface area contributed by atoms with E-state index in [-0.39, 0.29) is 34.6 Å². The summed E-state index contributed by atoms with van der Waals surface area (Å²) in [5.74, 6) is 2.18. The van der Waals surface area contributed by atoms with Gasteiger partial charge in [-0.15, -0.1) is 24.0 Å². The van der Waals surface area contributed by atoms with E-state index < -0.39 is 0 Å². The van der Waals surface area contributed by atoms with Gasteiger partial charge in [0, 0.05) is 37.2 Å². The van der Waals surface area contributed by atoms with Crippen LogP contribution < -0.4 is 10.6 Å². The molecule has 2 fully saturated rings. The molecule has 2 aliphatic rings. The average Bonchev–Trinajstić information content (AvgIpc) is 3.19. The van der Waals surface area contributed by atoms with Gasteiger partial charge in [0.15, 0.2) is 5.96 Å². The van der Waals surface area contributed by atoms with E-state index in [2.05, 4.69) is 17.6 Å². The zero-order chi connectivity index (χ0) is 19.1. The fourth-order valence-electron chi connectivity index (χ4n) is 3.63. The number of nitro groups is 1. The van der Waals surface area contributed by atoms with Gasteiger partial charge in [0.25, 0.3) is 5.69 Å². The Kier molecular flexibility index (Phi) is 9.43. The Morgan fingerprint density at radius 1 is 1.21 bits per heavy atom. The molecule has 156 valence electrons. The molecule has 1 saturated carbocycles. The van der Waals surface area contributed by atoms with E-state index in [0.29, 0.717) is 18.5 Å². The Bertz CT molecular complexity index is 639. The Morgan fingerprint density at radius 2 is 1.93 bits per heavy atom. The number of non-ortho nitro benzene ring substituents is 1. The van der Waals surface area contributed by atoms with Crippen LogP contribution in [0.25, 0.3) is 0 Å². The molecule has 0 radical (unpaired) electrons. The van der Waals surface area contributed by atoms with Crippen LogP contribution in [0.3, 0.4) is 0 Å². The van der Waals surface area contributed by atoms with Crippen LogP contribution in [0.15, 0.2) is 29.3 Å². The summed E-state index contributed by atoms with van der Waals surface area (Å²) in [6, 6.07) is 7.07. The maximum atomic E-state index is 10.8. The SMILES string of the molecule is CC1CCC(NC(=NCc2ccc([N+](=O)[O-])cc2)NCC2CCOC2)CC1.I. The minimum absolute atomic E-state index is 0. The lowest BCUT2D eigenvalue weighted by molar-refractivity contribution is -0.384. The van der Waals surface area contributed by atoms with Crippen LogP contribution in [-0.4, -0.2) is 36.7 Å². The van der Waals surface area contributed by atoms with Crippen molar-refractivity contribution in [3.05, 3.63) is 39.9 Å². The summed E-state index contributed by atoms with van der Waals surface area (Å²) in [4.78, 5) is 15.1. The van der Waals surface area contributed by atoms with Gasteiger partial charge in [-0.1, -0.05) is 19.1 Å². The van der Waals surface area contributed by atoms with Gasteiger partial charge in [-0.05, 0) is 43.6 Å². The van der Waals surface area contributed by atoms with Crippen molar-refractivity contribution in [1.29, 1.82) is 0 Å². The number of aliphatic imine (C=N–C) groups is 1. The highest BCUT2D eigenvalue weighted by Crippen LogP contribution is 2.23. The van der Waals surface area contributed by atoms with Crippen molar-refractivity contribution in [2.45, 2.75) is 51.6 Å². The molecule has 1 aliphatic carbocycles. The van der Waals surface area contributed by atoms with Gasteiger partial charge in [0.05, 0.1) is 18.1 Å². The van der Waals surface area contributed by atoms with Gasteiger partial charge in [-0.3, -0.25) is 10.1 Å². The normalized spacial score (nSPS) is 25.0. The third kappa shape index (κ3) is 7.20. The largest absolute Gasteiger partial charge is 0.381 e. The first-order valence-corrected chi connectivity index (χ1v) is 9.96. The van der Waals surface area contributed by atoms with Gasteiger partial charge in [-0.25, -0.2) is 4.99 Å². The molecule has 0 amide bonds. The topological polar surface area (TPSA) is 88.8 Å². The number of hydrogen-bond acceptors (Lipinski definition) is 4. The summed E-state index contributed by atoms with van der Waals surface area (Å²) in [6.07, 6.45) is 5.94. The Labute approximate surface area is 183 Å². The van der Waals surface area contributed by atoms with E-state index in [1.807, 2.05) is 0 Å². The van der Waals surface area contributed by atoms with Crippen molar-refractivity contribution < 1.29 is 9.66 Å².